The lowest BCUT2D eigenvalue weighted by Gasteiger charge is -2.10. The van der Waals surface area contributed by atoms with Crippen LogP contribution in [0.15, 0.2) is 36.4 Å². The standard InChI is InChI=1S/C18H17ClN6O2/c1-10-8-11(2)21-15(19)14(10)16(26)27-9-13-23-17(20)25-18(24-13)22-12-6-4-3-5-7-12/h3-8H,9H2,1-2H3,(H3,20,22,23,24,25). The predicted octanol–water partition coefficient (Wildman–Crippen LogP) is 3.22. The van der Waals surface area contributed by atoms with E-state index >= 15 is 0 Å². The van der Waals surface area contributed by atoms with E-state index in [1.165, 1.54) is 0 Å². The molecule has 0 bridgehead atoms. The summed E-state index contributed by atoms with van der Waals surface area (Å²) >= 11 is 6.07. The van der Waals surface area contributed by atoms with E-state index in [0.29, 0.717) is 5.56 Å². The number of nitrogens with zero attached hydrogens (tertiary/aromatic N) is 4. The molecule has 8 nitrogen and oxygen atoms in total. The van der Waals surface area contributed by atoms with Gasteiger partial charge in [0.15, 0.2) is 12.4 Å². The number of benzene rings is 1. The lowest BCUT2D eigenvalue weighted by molar-refractivity contribution is 0.0461. The van der Waals surface area contributed by atoms with Crippen LogP contribution in [0, 0.1) is 13.8 Å². The molecular weight excluding hydrogens is 368 g/mol. The summed E-state index contributed by atoms with van der Waals surface area (Å²) < 4.78 is 5.28. The minimum absolute atomic E-state index is 0.0145. The van der Waals surface area contributed by atoms with E-state index in [1.807, 2.05) is 30.3 Å². The number of hydrogen-bond acceptors (Lipinski definition) is 8. The van der Waals surface area contributed by atoms with Gasteiger partial charge < -0.3 is 15.8 Å². The van der Waals surface area contributed by atoms with Crippen molar-refractivity contribution in [3.05, 3.63) is 64.2 Å². The average molecular weight is 385 g/mol. The zero-order valence-electron chi connectivity index (χ0n) is 14.7. The van der Waals surface area contributed by atoms with E-state index in [4.69, 9.17) is 22.1 Å². The summed E-state index contributed by atoms with van der Waals surface area (Å²) in [4.78, 5) is 28.7. The van der Waals surface area contributed by atoms with E-state index in [9.17, 15) is 4.79 Å². The Morgan fingerprint density at radius 3 is 2.59 bits per heavy atom. The fourth-order valence-corrected chi connectivity index (χ4v) is 2.81. The molecule has 3 N–H and O–H groups in total. The van der Waals surface area contributed by atoms with E-state index in [1.54, 1.807) is 19.9 Å². The SMILES string of the molecule is Cc1cc(C)c(C(=O)OCc2nc(N)nc(Nc3ccccc3)n2)c(Cl)n1. The molecule has 2 heterocycles. The second kappa shape index (κ2) is 7.96. The first-order chi connectivity index (χ1) is 12.9. The minimum Gasteiger partial charge on any atom is -0.454 e. The van der Waals surface area contributed by atoms with Crippen molar-refractivity contribution in [2.45, 2.75) is 20.5 Å². The Morgan fingerprint density at radius 2 is 1.89 bits per heavy atom. The highest BCUT2D eigenvalue weighted by Crippen LogP contribution is 2.20. The first-order valence-electron chi connectivity index (χ1n) is 8.06. The summed E-state index contributed by atoms with van der Waals surface area (Å²) in [5.74, 6) is -0.128. The van der Waals surface area contributed by atoms with Crippen LogP contribution in [0.2, 0.25) is 5.15 Å². The van der Waals surface area contributed by atoms with Crippen LogP contribution in [-0.2, 0) is 11.3 Å². The highest BCUT2D eigenvalue weighted by atomic mass is 35.5. The van der Waals surface area contributed by atoms with Gasteiger partial charge in [-0.05, 0) is 37.6 Å². The summed E-state index contributed by atoms with van der Waals surface area (Å²) in [5.41, 5.74) is 8.13. The molecular formula is C18H17ClN6O2. The number of nitrogens with one attached hydrogen (secondary N) is 1. The fourth-order valence-electron chi connectivity index (χ4n) is 2.45. The molecule has 3 rings (SSSR count). The maximum atomic E-state index is 12.4. The van der Waals surface area contributed by atoms with Crippen LogP contribution >= 0.6 is 11.6 Å². The fraction of sp³-hybridized carbons (Fsp3) is 0.167. The van der Waals surface area contributed by atoms with Crippen LogP contribution < -0.4 is 11.1 Å². The van der Waals surface area contributed by atoms with Crippen LogP contribution in [-0.4, -0.2) is 25.9 Å². The van der Waals surface area contributed by atoms with Gasteiger partial charge in [0.2, 0.25) is 11.9 Å². The third-order valence-electron chi connectivity index (χ3n) is 3.57. The van der Waals surface area contributed by atoms with Gasteiger partial charge in [-0.2, -0.15) is 15.0 Å². The molecule has 0 fully saturated rings. The Bertz CT molecular complexity index is 958. The zero-order valence-corrected chi connectivity index (χ0v) is 15.5. The number of nitrogens with two attached hydrogens (primary N) is 1. The molecule has 2 aromatic heterocycles. The number of aromatic nitrogens is 4. The number of hydrogen-bond donors (Lipinski definition) is 2. The zero-order chi connectivity index (χ0) is 19.4. The quantitative estimate of drug-likeness (QED) is 0.508. The summed E-state index contributed by atoms with van der Waals surface area (Å²) in [5, 5.41) is 3.11. The summed E-state index contributed by atoms with van der Waals surface area (Å²) in [6.07, 6.45) is 0. The van der Waals surface area contributed by atoms with Gasteiger partial charge in [-0.3, -0.25) is 0 Å². The molecule has 27 heavy (non-hydrogen) atoms. The van der Waals surface area contributed by atoms with Crippen LogP contribution in [0.3, 0.4) is 0 Å². The van der Waals surface area contributed by atoms with E-state index in [0.717, 1.165) is 11.4 Å². The summed E-state index contributed by atoms with van der Waals surface area (Å²) in [7, 11) is 0. The topological polar surface area (TPSA) is 116 Å². The van der Waals surface area contributed by atoms with Gasteiger partial charge in [0.05, 0.1) is 5.56 Å². The van der Waals surface area contributed by atoms with Crippen molar-refractivity contribution in [2.24, 2.45) is 0 Å². The number of para-hydroxylation sites is 1. The van der Waals surface area contributed by atoms with E-state index in [-0.39, 0.29) is 35.0 Å². The maximum absolute atomic E-state index is 12.4. The Morgan fingerprint density at radius 1 is 1.15 bits per heavy atom. The number of anilines is 3. The number of nitrogen functional groups attached to an aromatic ring is 1. The van der Waals surface area contributed by atoms with Crippen LogP contribution in [0.1, 0.15) is 27.4 Å². The van der Waals surface area contributed by atoms with Gasteiger partial charge in [0, 0.05) is 11.4 Å². The van der Waals surface area contributed by atoms with Crippen molar-refractivity contribution in [3.63, 3.8) is 0 Å². The molecule has 0 spiro atoms. The Balaban J connectivity index is 1.74. The molecule has 0 saturated heterocycles. The van der Waals surface area contributed by atoms with Crippen LogP contribution in [0.4, 0.5) is 17.6 Å². The lowest BCUT2D eigenvalue weighted by Crippen LogP contribution is -2.13. The number of halogens is 1. The number of carbonyl (C=O) groups is 1. The molecule has 138 valence electrons. The molecule has 0 radical (unpaired) electrons. The number of aryl methyl sites for hydroxylation is 2. The highest BCUT2D eigenvalue weighted by molar-refractivity contribution is 6.32. The predicted molar refractivity (Wildman–Crippen MR) is 102 cm³/mol. The third kappa shape index (κ3) is 4.68. The van der Waals surface area contributed by atoms with E-state index in [2.05, 4.69) is 25.3 Å². The smallest absolute Gasteiger partial charge is 0.342 e. The molecule has 0 amide bonds. The minimum atomic E-state index is -0.610. The molecule has 3 aromatic rings. The van der Waals surface area contributed by atoms with Crippen molar-refractivity contribution in [1.82, 2.24) is 19.9 Å². The largest absolute Gasteiger partial charge is 0.454 e. The second-order valence-electron chi connectivity index (χ2n) is 5.75. The lowest BCUT2D eigenvalue weighted by atomic mass is 10.1. The molecule has 1 aromatic carbocycles. The van der Waals surface area contributed by atoms with Crippen molar-refractivity contribution < 1.29 is 9.53 Å². The molecule has 0 unspecified atom stereocenters. The number of esters is 1. The third-order valence-corrected chi connectivity index (χ3v) is 3.84. The van der Waals surface area contributed by atoms with Gasteiger partial charge in [-0.25, -0.2) is 9.78 Å². The second-order valence-corrected chi connectivity index (χ2v) is 6.10. The van der Waals surface area contributed by atoms with Gasteiger partial charge in [0.1, 0.15) is 5.15 Å². The van der Waals surface area contributed by atoms with E-state index < -0.39 is 5.97 Å². The number of pyridine rings is 1. The highest BCUT2D eigenvalue weighted by Gasteiger charge is 2.18. The van der Waals surface area contributed by atoms with Gasteiger partial charge in [-0.15, -0.1) is 0 Å². The molecule has 0 atom stereocenters. The van der Waals surface area contributed by atoms with Crippen molar-refractivity contribution in [2.75, 3.05) is 11.1 Å². The molecule has 0 aliphatic rings. The molecule has 0 aliphatic heterocycles. The average Bonchev–Trinajstić information content (AvgIpc) is 2.59. The Kier molecular flexibility index (Phi) is 5.46. The maximum Gasteiger partial charge on any atom is 0.342 e. The van der Waals surface area contributed by atoms with Crippen LogP contribution in [0.25, 0.3) is 0 Å². The first-order valence-corrected chi connectivity index (χ1v) is 8.43. The Labute approximate surface area is 160 Å². The molecule has 0 saturated carbocycles. The summed E-state index contributed by atoms with van der Waals surface area (Å²) in [6.45, 7) is 3.38. The van der Waals surface area contributed by atoms with Crippen molar-refractivity contribution in [1.29, 1.82) is 0 Å². The number of ether oxygens (including phenoxy) is 1. The van der Waals surface area contributed by atoms with Crippen molar-refractivity contribution >= 4 is 35.2 Å². The Hall–Kier alpha value is -3.26. The van der Waals surface area contributed by atoms with Gasteiger partial charge >= 0.3 is 5.97 Å². The van der Waals surface area contributed by atoms with Crippen molar-refractivity contribution in [3.8, 4) is 0 Å². The first kappa shape index (κ1) is 18.5. The number of rotatable bonds is 5. The number of carbonyl (C=O) groups excluding carboxylic acids is 1. The molecule has 0 aliphatic carbocycles. The summed E-state index contributed by atoms with van der Waals surface area (Å²) in [6, 6.07) is 11.1. The van der Waals surface area contributed by atoms with Gasteiger partial charge in [0.25, 0.3) is 0 Å². The molecule has 9 heteroatoms. The normalized spacial score (nSPS) is 10.5. The van der Waals surface area contributed by atoms with Crippen LogP contribution in [0.5, 0.6) is 0 Å². The van der Waals surface area contributed by atoms with Gasteiger partial charge in [-0.1, -0.05) is 29.8 Å². The monoisotopic (exact) mass is 384 g/mol.